The zero-order chi connectivity index (χ0) is 19.6. The van der Waals surface area contributed by atoms with Gasteiger partial charge in [-0.05, 0) is 60.3 Å². The second-order valence-electron chi connectivity index (χ2n) is 7.83. The van der Waals surface area contributed by atoms with E-state index in [4.69, 9.17) is 0 Å². The van der Waals surface area contributed by atoms with E-state index in [1.54, 1.807) is 12.1 Å². The highest BCUT2D eigenvalue weighted by atomic mass is 19.1. The molecule has 0 amide bonds. The molecule has 0 spiro atoms. The van der Waals surface area contributed by atoms with Crippen LogP contribution < -0.4 is 0 Å². The van der Waals surface area contributed by atoms with Crippen LogP contribution >= 0.6 is 0 Å². The highest BCUT2D eigenvalue weighted by molar-refractivity contribution is 5.85. The molecule has 0 fully saturated rings. The Balaban J connectivity index is 1.51. The minimum Gasteiger partial charge on any atom is -0.340 e. The van der Waals surface area contributed by atoms with Crippen LogP contribution in [0.1, 0.15) is 28.8 Å². The topological polar surface area (TPSA) is 21.1 Å². The van der Waals surface area contributed by atoms with Gasteiger partial charge in [0.25, 0.3) is 0 Å². The van der Waals surface area contributed by atoms with Crippen molar-refractivity contribution in [1.29, 1.82) is 0 Å². The average Bonchev–Trinajstić information content (AvgIpc) is 2.88. The monoisotopic (exact) mass is 385 g/mol. The number of rotatable bonds is 4. The molecule has 0 N–H and O–H groups in total. The van der Waals surface area contributed by atoms with Crippen LogP contribution in [0, 0.1) is 5.82 Å². The number of hydrogen-bond acceptors (Lipinski definition) is 2. The summed E-state index contributed by atoms with van der Waals surface area (Å²) >= 11 is 0. The smallest absolute Gasteiger partial charge is 0.123 e. The van der Waals surface area contributed by atoms with E-state index in [1.807, 2.05) is 24.5 Å². The largest absolute Gasteiger partial charge is 0.340 e. The van der Waals surface area contributed by atoms with Crippen molar-refractivity contribution in [2.75, 3.05) is 6.54 Å². The summed E-state index contributed by atoms with van der Waals surface area (Å²) in [5.74, 6) is -0.161. The molecule has 4 heteroatoms. The molecule has 3 heterocycles. The van der Waals surface area contributed by atoms with Gasteiger partial charge in [-0.3, -0.25) is 9.88 Å². The molecular formula is C25H24FN3. The lowest BCUT2D eigenvalue weighted by molar-refractivity contribution is 0.261. The normalized spacial score (nSPS) is 14.7. The summed E-state index contributed by atoms with van der Waals surface area (Å²) in [7, 11) is 0. The molecule has 0 unspecified atom stereocenters. The Bertz CT molecular complexity index is 1130. The standard InChI is InChI=1S/C25H24FN3/c26-21-8-3-6-19(14-21)16-28-13-5-11-25-23(18-28)22-9-1-2-10-24(22)29(25)17-20-7-4-12-27-15-20/h1-4,6-10,12,14-15H,5,11,13,16-18H2. The summed E-state index contributed by atoms with van der Waals surface area (Å²) in [6.45, 7) is 3.53. The molecular weight excluding hydrogens is 361 g/mol. The number of para-hydroxylation sites is 1. The lowest BCUT2D eigenvalue weighted by atomic mass is 10.1. The third-order valence-corrected chi connectivity index (χ3v) is 5.82. The van der Waals surface area contributed by atoms with Crippen molar-refractivity contribution in [3.63, 3.8) is 0 Å². The Morgan fingerprint density at radius 1 is 0.931 bits per heavy atom. The van der Waals surface area contributed by atoms with E-state index in [9.17, 15) is 4.39 Å². The van der Waals surface area contributed by atoms with Gasteiger partial charge in [0, 0.05) is 48.6 Å². The van der Waals surface area contributed by atoms with Gasteiger partial charge < -0.3 is 4.57 Å². The fourth-order valence-electron chi connectivity index (χ4n) is 4.55. The van der Waals surface area contributed by atoms with Gasteiger partial charge in [0.1, 0.15) is 5.82 Å². The molecule has 4 aromatic rings. The molecule has 2 aromatic heterocycles. The van der Waals surface area contributed by atoms with Crippen molar-refractivity contribution in [3.05, 3.63) is 101 Å². The summed E-state index contributed by atoms with van der Waals surface area (Å²) in [6.07, 6.45) is 5.94. The predicted molar refractivity (Wildman–Crippen MR) is 114 cm³/mol. The van der Waals surface area contributed by atoms with Crippen molar-refractivity contribution < 1.29 is 4.39 Å². The number of nitrogens with zero attached hydrogens (tertiary/aromatic N) is 3. The van der Waals surface area contributed by atoms with E-state index in [0.29, 0.717) is 0 Å². The Morgan fingerprint density at radius 3 is 2.69 bits per heavy atom. The highest BCUT2D eigenvalue weighted by Crippen LogP contribution is 2.31. The van der Waals surface area contributed by atoms with Crippen LogP contribution in [0.2, 0.25) is 0 Å². The van der Waals surface area contributed by atoms with E-state index in [1.165, 1.54) is 33.8 Å². The Morgan fingerprint density at radius 2 is 1.83 bits per heavy atom. The van der Waals surface area contributed by atoms with E-state index in [-0.39, 0.29) is 5.82 Å². The van der Waals surface area contributed by atoms with Crippen LogP contribution in [-0.4, -0.2) is 21.0 Å². The van der Waals surface area contributed by atoms with Crippen LogP contribution in [-0.2, 0) is 26.1 Å². The molecule has 0 saturated heterocycles. The zero-order valence-electron chi connectivity index (χ0n) is 16.4. The Hall–Kier alpha value is -2.98. The fourth-order valence-corrected chi connectivity index (χ4v) is 4.55. The lowest BCUT2D eigenvalue weighted by Crippen LogP contribution is -2.22. The average molecular weight is 385 g/mol. The van der Waals surface area contributed by atoms with E-state index in [2.05, 4.69) is 44.8 Å². The van der Waals surface area contributed by atoms with E-state index < -0.39 is 0 Å². The van der Waals surface area contributed by atoms with Gasteiger partial charge in [-0.25, -0.2) is 4.39 Å². The number of pyridine rings is 1. The van der Waals surface area contributed by atoms with Gasteiger partial charge in [-0.2, -0.15) is 0 Å². The van der Waals surface area contributed by atoms with Gasteiger partial charge in [-0.15, -0.1) is 0 Å². The maximum absolute atomic E-state index is 13.6. The summed E-state index contributed by atoms with van der Waals surface area (Å²) in [4.78, 5) is 6.74. The number of halogens is 1. The molecule has 2 aromatic carbocycles. The van der Waals surface area contributed by atoms with Crippen molar-refractivity contribution in [3.8, 4) is 0 Å². The summed E-state index contributed by atoms with van der Waals surface area (Å²) in [6, 6.07) is 19.8. The molecule has 0 atom stereocenters. The van der Waals surface area contributed by atoms with Crippen molar-refractivity contribution in [1.82, 2.24) is 14.5 Å². The van der Waals surface area contributed by atoms with Gasteiger partial charge in [-0.1, -0.05) is 36.4 Å². The highest BCUT2D eigenvalue weighted by Gasteiger charge is 2.22. The summed E-state index contributed by atoms with van der Waals surface area (Å²) in [5, 5.41) is 1.33. The minimum absolute atomic E-state index is 0.161. The molecule has 1 aliphatic rings. The van der Waals surface area contributed by atoms with Gasteiger partial charge in [0.2, 0.25) is 0 Å². The SMILES string of the molecule is Fc1cccc(CN2CCCc3c(c4ccccc4n3Cc3cccnc3)C2)c1. The van der Waals surface area contributed by atoms with Crippen molar-refractivity contribution in [2.24, 2.45) is 0 Å². The molecule has 146 valence electrons. The molecule has 29 heavy (non-hydrogen) atoms. The van der Waals surface area contributed by atoms with Gasteiger partial charge >= 0.3 is 0 Å². The maximum atomic E-state index is 13.6. The van der Waals surface area contributed by atoms with E-state index >= 15 is 0 Å². The first-order valence-electron chi connectivity index (χ1n) is 10.2. The minimum atomic E-state index is -0.161. The third kappa shape index (κ3) is 3.68. The van der Waals surface area contributed by atoms with Crippen LogP contribution in [0.3, 0.4) is 0 Å². The van der Waals surface area contributed by atoms with E-state index in [0.717, 1.165) is 44.6 Å². The number of aromatic nitrogens is 2. The molecule has 5 rings (SSSR count). The second kappa shape index (κ2) is 7.80. The second-order valence-corrected chi connectivity index (χ2v) is 7.83. The number of benzene rings is 2. The predicted octanol–water partition coefficient (Wildman–Crippen LogP) is 5.17. The van der Waals surface area contributed by atoms with Crippen LogP contribution in [0.25, 0.3) is 10.9 Å². The Kier molecular flexibility index (Phi) is 4.86. The first-order chi connectivity index (χ1) is 14.3. The quantitative estimate of drug-likeness (QED) is 0.483. The van der Waals surface area contributed by atoms with Crippen molar-refractivity contribution in [2.45, 2.75) is 32.5 Å². The van der Waals surface area contributed by atoms with Crippen LogP contribution in [0.15, 0.2) is 73.1 Å². The summed E-state index contributed by atoms with van der Waals surface area (Å²) in [5.41, 5.74) is 6.38. The fraction of sp³-hybridized carbons (Fsp3) is 0.240. The molecule has 0 bridgehead atoms. The first-order valence-corrected chi connectivity index (χ1v) is 10.2. The van der Waals surface area contributed by atoms with Crippen LogP contribution in [0.4, 0.5) is 4.39 Å². The molecule has 3 nitrogen and oxygen atoms in total. The molecule has 0 aliphatic carbocycles. The molecule has 0 saturated carbocycles. The zero-order valence-corrected chi connectivity index (χ0v) is 16.4. The van der Waals surface area contributed by atoms with Gasteiger partial charge in [0.05, 0.1) is 0 Å². The number of hydrogen-bond donors (Lipinski definition) is 0. The number of fused-ring (bicyclic) bond motifs is 3. The van der Waals surface area contributed by atoms with Gasteiger partial charge in [0.15, 0.2) is 0 Å². The summed E-state index contributed by atoms with van der Waals surface area (Å²) < 4.78 is 16.1. The van der Waals surface area contributed by atoms with Crippen molar-refractivity contribution >= 4 is 10.9 Å². The third-order valence-electron chi connectivity index (χ3n) is 5.82. The Labute approximate surface area is 170 Å². The molecule has 1 aliphatic heterocycles. The van der Waals surface area contributed by atoms with Crippen LogP contribution in [0.5, 0.6) is 0 Å². The molecule has 0 radical (unpaired) electrons. The first kappa shape index (κ1) is 18.1. The maximum Gasteiger partial charge on any atom is 0.123 e. The lowest BCUT2D eigenvalue weighted by Gasteiger charge is -2.20.